The van der Waals surface area contributed by atoms with Crippen molar-refractivity contribution in [2.45, 2.75) is 26.4 Å². The number of carbonyl (C=O) groups excluding carboxylic acids is 1. The van der Waals surface area contributed by atoms with Gasteiger partial charge in [0.1, 0.15) is 0 Å². The minimum absolute atomic E-state index is 0.118. The minimum atomic E-state index is -0.146. The summed E-state index contributed by atoms with van der Waals surface area (Å²) >= 11 is 3.45. The maximum Gasteiger partial charge on any atom is 0.238 e. The molecule has 2 atom stereocenters. The van der Waals surface area contributed by atoms with Gasteiger partial charge in [0.15, 0.2) is 0 Å². The lowest BCUT2D eigenvalue weighted by molar-refractivity contribution is -0.126. The molecule has 0 aromatic heterocycles. The number of hydrogen-bond acceptors (Lipinski definition) is 3. The zero-order chi connectivity index (χ0) is 13.7. The summed E-state index contributed by atoms with van der Waals surface area (Å²) in [4.78, 5) is 13.6. The van der Waals surface area contributed by atoms with Gasteiger partial charge in [0.25, 0.3) is 0 Å². The van der Waals surface area contributed by atoms with Gasteiger partial charge in [-0.05, 0) is 31.7 Å². The van der Waals surface area contributed by atoms with Gasteiger partial charge in [-0.15, -0.1) is 0 Å². The molecular formula is C13H20BrN3O. The molecule has 0 saturated carbocycles. The third-order valence-electron chi connectivity index (χ3n) is 3.30. The highest BCUT2D eigenvalue weighted by Crippen LogP contribution is 2.16. The summed E-state index contributed by atoms with van der Waals surface area (Å²) in [5.41, 5.74) is 3.41. The molecule has 2 unspecified atom stereocenters. The number of nitrogens with two attached hydrogens (primary N) is 1. The summed E-state index contributed by atoms with van der Waals surface area (Å²) in [6, 6.07) is 8.27. The molecule has 0 fully saturated rings. The smallest absolute Gasteiger partial charge is 0.238 e. The number of nitrogens with zero attached hydrogens (tertiary/aromatic N) is 1. The molecule has 0 aliphatic rings. The lowest BCUT2D eigenvalue weighted by Crippen LogP contribution is -2.44. The van der Waals surface area contributed by atoms with E-state index in [4.69, 9.17) is 5.84 Å². The number of amides is 1. The first-order chi connectivity index (χ1) is 8.45. The maximum absolute atomic E-state index is 11.5. The second-order valence-corrected chi connectivity index (χ2v) is 5.50. The normalized spacial score (nSPS) is 14.3. The molecule has 1 amide bonds. The van der Waals surface area contributed by atoms with E-state index in [0.29, 0.717) is 0 Å². The van der Waals surface area contributed by atoms with Gasteiger partial charge in [0.2, 0.25) is 5.91 Å². The van der Waals surface area contributed by atoms with Crippen LogP contribution in [-0.2, 0) is 11.3 Å². The number of rotatable bonds is 5. The molecule has 0 radical (unpaired) electrons. The van der Waals surface area contributed by atoms with Gasteiger partial charge < -0.3 is 0 Å². The summed E-state index contributed by atoms with van der Waals surface area (Å²) < 4.78 is 1.06. The predicted octanol–water partition coefficient (Wildman–Crippen LogP) is 1.90. The zero-order valence-electron chi connectivity index (χ0n) is 11.0. The lowest BCUT2D eigenvalue weighted by atomic mass is 10.0. The van der Waals surface area contributed by atoms with E-state index in [1.807, 2.05) is 33.0 Å². The fourth-order valence-electron chi connectivity index (χ4n) is 1.80. The molecule has 1 aromatic carbocycles. The lowest BCUT2D eigenvalue weighted by Gasteiger charge is -2.28. The van der Waals surface area contributed by atoms with E-state index in [0.717, 1.165) is 11.0 Å². The van der Waals surface area contributed by atoms with Crippen LogP contribution in [0.2, 0.25) is 0 Å². The highest BCUT2D eigenvalue weighted by molar-refractivity contribution is 9.10. The first kappa shape index (κ1) is 15.1. The Morgan fingerprint density at radius 2 is 2.17 bits per heavy atom. The van der Waals surface area contributed by atoms with Gasteiger partial charge in [-0.1, -0.05) is 35.0 Å². The molecule has 0 bridgehead atoms. The molecule has 0 spiro atoms. The Kier molecular flexibility index (Phi) is 5.78. The summed E-state index contributed by atoms with van der Waals surface area (Å²) in [5.74, 6) is 4.88. The summed E-state index contributed by atoms with van der Waals surface area (Å²) in [5, 5.41) is 0. The fraction of sp³-hybridized carbons (Fsp3) is 0.462. The zero-order valence-corrected chi connectivity index (χ0v) is 12.6. The minimum Gasteiger partial charge on any atom is -0.299 e. The van der Waals surface area contributed by atoms with Crippen LogP contribution < -0.4 is 11.3 Å². The van der Waals surface area contributed by atoms with Crippen molar-refractivity contribution in [3.05, 3.63) is 34.3 Å². The third kappa shape index (κ3) is 4.08. The number of hydrogen-bond donors (Lipinski definition) is 2. The number of nitrogens with one attached hydrogen (secondary N) is 1. The Hall–Kier alpha value is -0.910. The number of hydrazine groups is 1. The molecule has 18 heavy (non-hydrogen) atoms. The molecule has 0 aliphatic carbocycles. The molecule has 100 valence electrons. The molecule has 1 rings (SSSR count). The number of benzene rings is 1. The maximum atomic E-state index is 11.5. The predicted molar refractivity (Wildman–Crippen MR) is 76.6 cm³/mol. The Labute approximate surface area is 117 Å². The molecule has 5 heteroatoms. The molecule has 3 N–H and O–H groups in total. The highest BCUT2D eigenvalue weighted by atomic mass is 79.9. The monoisotopic (exact) mass is 313 g/mol. The SMILES string of the molecule is CC(C(=O)NN)C(C)N(C)Cc1cccc(Br)c1. The first-order valence-corrected chi connectivity index (χ1v) is 6.70. The van der Waals surface area contributed by atoms with Crippen LogP contribution in [0.15, 0.2) is 28.7 Å². The Bertz CT molecular complexity index is 411. The molecular weight excluding hydrogens is 294 g/mol. The van der Waals surface area contributed by atoms with E-state index in [1.54, 1.807) is 0 Å². The fourth-order valence-corrected chi connectivity index (χ4v) is 2.25. The van der Waals surface area contributed by atoms with Crippen molar-refractivity contribution < 1.29 is 4.79 Å². The molecule has 0 aliphatic heterocycles. The highest BCUT2D eigenvalue weighted by Gasteiger charge is 2.22. The van der Waals surface area contributed by atoms with Gasteiger partial charge in [0.05, 0.1) is 5.92 Å². The van der Waals surface area contributed by atoms with Crippen LogP contribution in [-0.4, -0.2) is 23.9 Å². The second-order valence-electron chi connectivity index (χ2n) is 4.58. The van der Waals surface area contributed by atoms with E-state index in [2.05, 4.69) is 38.4 Å². The van der Waals surface area contributed by atoms with Gasteiger partial charge >= 0.3 is 0 Å². The largest absolute Gasteiger partial charge is 0.299 e. The van der Waals surface area contributed by atoms with Gasteiger partial charge in [-0.3, -0.25) is 15.1 Å². The molecule has 1 aromatic rings. The van der Waals surface area contributed by atoms with Gasteiger partial charge in [0, 0.05) is 17.1 Å². The van der Waals surface area contributed by atoms with Crippen molar-refractivity contribution in [3.63, 3.8) is 0 Å². The molecule has 0 heterocycles. The standard InChI is InChI=1S/C13H20BrN3O/c1-9(13(18)16-15)10(2)17(3)8-11-5-4-6-12(14)7-11/h4-7,9-10H,8,15H2,1-3H3,(H,16,18). The average Bonchev–Trinajstić information content (AvgIpc) is 2.36. The van der Waals surface area contributed by atoms with Crippen molar-refractivity contribution in [2.24, 2.45) is 11.8 Å². The van der Waals surface area contributed by atoms with Crippen LogP contribution in [0.25, 0.3) is 0 Å². The number of carbonyl (C=O) groups is 1. The number of halogens is 1. The van der Waals surface area contributed by atoms with Crippen LogP contribution in [0.5, 0.6) is 0 Å². The summed E-state index contributed by atoms with van der Waals surface area (Å²) in [6.07, 6.45) is 0. The van der Waals surface area contributed by atoms with E-state index < -0.39 is 0 Å². The Morgan fingerprint density at radius 1 is 1.50 bits per heavy atom. The summed E-state index contributed by atoms with van der Waals surface area (Å²) in [7, 11) is 2.01. The summed E-state index contributed by atoms with van der Waals surface area (Å²) in [6.45, 7) is 4.70. The topological polar surface area (TPSA) is 58.4 Å². The van der Waals surface area contributed by atoms with Crippen LogP contribution in [0.3, 0.4) is 0 Å². The first-order valence-electron chi connectivity index (χ1n) is 5.91. The van der Waals surface area contributed by atoms with Crippen LogP contribution in [0.4, 0.5) is 0 Å². The Morgan fingerprint density at radius 3 is 2.72 bits per heavy atom. The third-order valence-corrected chi connectivity index (χ3v) is 3.79. The van der Waals surface area contributed by atoms with Crippen LogP contribution >= 0.6 is 15.9 Å². The average molecular weight is 314 g/mol. The second kappa shape index (κ2) is 6.87. The molecule has 4 nitrogen and oxygen atoms in total. The van der Waals surface area contributed by atoms with E-state index >= 15 is 0 Å². The van der Waals surface area contributed by atoms with Gasteiger partial charge in [-0.2, -0.15) is 0 Å². The van der Waals surface area contributed by atoms with E-state index in [1.165, 1.54) is 5.56 Å². The van der Waals surface area contributed by atoms with Gasteiger partial charge in [-0.25, -0.2) is 5.84 Å². The van der Waals surface area contributed by atoms with Crippen molar-refractivity contribution in [1.82, 2.24) is 10.3 Å². The Balaban J connectivity index is 2.65. The van der Waals surface area contributed by atoms with Crippen molar-refractivity contribution in [1.29, 1.82) is 0 Å². The molecule has 0 saturated heterocycles. The van der Waals surface area contributed by atoms with Crippen molar-refractivity contribution in [3.8, 4) is 0 Å². The van der Waals surface area contributed by atoms with E-state index in [-0.39, 0.29) is 17.9 Å². The van der Waals surface area contributed by atoms with Crippen LogP contribution in [0, 0.1) is 5.92 Å². The van der Waals surface area contributed by atoms with Crippen LogP contribution in [0.1, 0.15) is 19.4 Å². The van der Waals surface area contributed by atoms with Crippen molar-refractivity contribution in [2.75, 3.05) is 7.05 Å². The quantitative estimate of drug-likeness (QED) is 0.496. The van der Waals surface area contributed by atoms with E-state index in [9.17, 15) is 4.79 Å². The van der Waals surface area contributed by atoms with Crippen molar-refractivity contribution >= 4 is 21.8 Å².